The summed E-state index contributed by atoms with van der Waals surface area (Å²) in [7, 11) is 0. The number of ether oxygens (including phenoxy) is 1. The molecule has 0 N–H and O–H groups in total. The summed E-state index contributed by atoms with van der Waals surface area (Å²) in [6, 6.07) is 13.1. The third-order valence-corrected chi connectivity index (χ3v) is 2.97. The van der Waals surface area contributed by atoms with Crippen LogP contribution in [-0.2, 0) is 0 Å². The van der Waals surface area contributed by atoms with Crippen molar-refractivity contribution in [2.75, 3.05) is 0 Å². The van der Waals surface area contributed by atoms with E-state index >= 15 is 0 Å². The summed E-state index contributed by atoms with van der Waals surface area (Å²) in [5.74, 6) is 1.23. The van der Waals surface area contributed by atoms with Gasteiger partial charge < -0.3 is 4.74 Å². The summed E-state index contributed by atoms with van der Waals surface area (Å²) in [5, 5.41) is 1.07. The molecule has 0 amide bonds. The lowest BCUT2D eigenvalue weighted by molar-refractivity contribution is 0.483. The zero-order valence-corrected chi connectivity index (χ0v) is 10.2. The molecule has 0 atom stereocenters. The van der Waals surface area contributed by atoms with E-state index in [1.54, 1.807) is 6.07 Å². The fraction of sp³-hybridized carbons (Fsp3) is 0.0769. The first-order chi connectivity index (χ1) is 7.68. The van der Waals surface area contributed by atoms with Crippen LogP contribution in [0.5, 0.6) is 11.5 Å². The van der Waals surface area contributed by atoms with Gasteiger partial charge in [-0.1, -0.05) is 47.5 Å². The van der Waals surface area contributed by atoms with Crippen LogP contribution in [0.15, 0.2) is 42.5 Å². The number of halogens is 2. The minimum atomic E-state index is 0.509. The Kier molecular flexibility index (Phi) is 3.37. The molecule has 0 bridgehead atoms. The number of benzene rings is 2. The third-order valence-electron chi connectivity index (χ3n) is 2.21. The monoisotopic (exact) mass is 252 g/mol. The topological polar surface area (TPSA) is 9.23 Å². The number of aryl methyl sites for hydroxylation is 1. The number of para-hydroxylation sites is 1. The van der Waals surface area contributed by atoms with Gasteiger partial charge in [0.25, 0.3) is 0 Å². The van der Waals surface area contributed by atoms with E-state index < -0.39 is 0 Å². The van der Waals surface area contributed by atoms with Gasteiger partial charge in [0, 0.05) is 0 Å². The van der Waals surface area contributed by atoms with E-state index in [1.165, 1.54) is 0 Å². The molecule has 0 aliphatic heterocycles. The first-order valence-electron chi connectivity index (χ1n) is 4.86. The van der Waals surface area contributed by atoms with Gasteiger partial charge >= 0.3 is 0 Å². The Bertz CT molecular complexity index is 495. The summed E-state index contributed by atoms with van der Waals surface area (Å²) >= 11 is 12.2. The summed E-state index contributed by atoms with van der Waals surface area (Å²) in [6.45, 7) is 1.91. The summed E-state index contributed by atoms with van der Waals surface area (Å²) in [5.41, 5.74) is 0.942. The van der Waals surface area contributed by atoms with Crippen molar-refractivity contribution >= 4 is 23.2 Å². The van der Waals surface area contributed by atoms with Crippen LogP contribution in [-0.4, -0.2) is 0 Å². The summed E-state index contributed by atoms with van der Waals surface area (Å²) in [6.07, 6.45) is 0. The molecule has 3 heteroatoms. The molecule has 0 aliphatic carbocycles. The van der Waals surface area contributed by atoms with Crippen molar-refractivity contribution in [1.82, 2.24) is 0 Å². The molecule has 0 aromatic heterocycles. The molecule has 1 nitrogen and oxygen atoms in total. The van der Waals surface area contributed by atoms with Crippen molar-refractivity contribution in [1.29, 1.82) is 0 Å². The second-order valence-electron chi connectivity index (χ2n) is 3.42. The highest BCUT2D eigenvalue weighted by molar-refractivity contribution is 6.37. The van der Waals surface area contributed by atoms with Gasteiger partial charge in [0.15, 0.2) is 5.75 Å². The van der Waals surface area contributed by atoms with Gasteiger partial charge in [-0.15, -0.1) is 0 Å². The van der Waals surface area contributed by atoms with Crippen LogP contribution in [0.2, 0.25) is 10.0 Å². The minimum Gasteiger partial charge on any atom is -0.454 e. The number of rotatable bonds is 2. The molecule has 0 heterocycles. The SMILES string of the molecule is Cc1ccc(Cl)c(Oc2ccccc2)c1Cl. The molecule has 0 unspecified atom stereocenters. The lowest BCUT2D eigenvalue weighted by atomic mass is 10.2. The van der Waals surface area contributed by atoms with Crippen molar-refractivity contribution in [2.24, 2.45) is 0 Å². The van der Waals surface area contributed by atoms with E-state index in [2.05, 4.69) is 0 Å². The Morgan fingerprint density at radius 1 is 0.938 bits per heavy atom. The Hall–Kier alpha value is -1.18. The molecule has 2 aromatic carbocycles. The number of hydrogen-bond donors (Lipinski definition) is 0. The van der Waals surface area contributed by atoms with E-state index in [0.29, 0.717) is 15.8 Å². The molecule has 82 valence electrons. The highest BCUT2D eigenvalue weighted by atomic mass is 35.5. The summed E-state index contributed by atoms with van der Waals surface area (Å²) < 4.78 is 5.66. The molecule has 0 radical (unpaired) electrons. The van der Waals surface area contributed by atoms with Crippen molar-refractivity contribution in [3.05, 3.63) is 58.1 Å². The van der Waals surface area contributed by atoms with Crippen LogP contribution < -0.4 is 4.74 Å². The maximum atomic E-state index is 6.14. The Labute approximate surface area is 105 Å². The molecular weight excluding hydrogens is 243 g/mol. The fourth-order valence-corrected chi connectivity index (χ4v) is 1.78. The lowest BCUT2D eigenvalue weighted by Crippen LogP contribution is -1.88. The van der Waals surface area contributed by atoms with Crippen LogP contribution >= 0.6 is 23.2 Å². The average Bonchev–Trinajstić information content (AvgIpc) is 2.31. The van der Waals surface area contributed by atoms with Crippen molar-refractivity contribution in [2.45, 2.75) is 6.92 Å². The summed E-state index contributed by atoms with van der Waals surface area (Å²) in [4.78, 5) is 0. The highest BCUT2D eigenvalue weighted by Gasteiger charge is 2.10. The quantitative estimate of drug-likeness (QED) is 0.723. The van der Waals surface area contributed by atoms with E-state index in [1.807, 2.05) is 43.3 Å². The van der Waals surface area contributed by atoms with E-state index in [9.17, 15) is 0 Å². The van der Waals surface area contributed by atoms with E-state index in [0.717, 1.165) is 11.3 Å². The highest BCUT2D eigenvalue weighted by Crippen LogP contribution is 2.37. The minimum absolute atomic E-state index is 0.509. The molecule has 2 rings (SSSR count). The maximum absolute atomic E-state index is 6.14. The standard InChI is InChI=1S/C13H10Cl2O/c1-9-7-8-11(14)13(12(9)15)16-10-5-3-2-4-6-10/h2-8H,1H3. The molecule has 0 saturated heterocycles. The van der Waals surface area contributed by atoms with Crippen LogP contribution in [0.25, 0.3) is 0 Å². The van der Waals surface area contributed by atoms with Gasteiger partial charge in [0.2, 0.25) is 0 Å². The molecule has 0 fully saturated rings. The lowest BCUT2D eigenvalue weighted by Gasteiger charge is -2.10. The van der Waals surface area contributed by atoms with Crippen molar-refractivity contribution in [3.8, 4) is 11.5 Å². The van der Waals surface area contributed by atoms with Crippen LogP contribution in [0, 0.1) is 6.92 Å². The maximum Gasteiger partial charge on any atom is 0.164 e. The Morgan fingerprint density at radius 3 is 2.31 bits per heavy atom. The van der Waals surface area contributed by atoms with Crippen LogP contribution in [0.4, 0.5) is 0 Å². The van der Waals surface area contributed by atoms with Gasteiger partial charge in [0.05, 0.1) is 10.0 Å². The molecule has 0 spiro atoms. The van der Waals surface area contributed by atoms with Crippen molar-refractivity contribution in [3.63, 3.8) is 0 Å². The van der Waals surface area contributed by atoms with Crippen LogP contribution in [0.1, 0.15) is 5.56 Å². The zero-order valence-electron chi connectivity index (χ0n) is 8.71. The first-order valence-corrected chi connectivity index (χ1v) is 5.61. The van der Waals surface area contributed by atoms with Gasteiger partial charge in [-0.3, -0.25) is 0 Å². The average molecular weight is 253 g/mol. The van der Waals surface area contributed by atoms with Gasteiger partial charge in [-0.25, -0.2) is 0 Å². The molecule has 0 saturated carbocycles. The molecule has 0 aliphatic rings. The number of hydrogen-bond acceptors (Lipinski definition) is 1. The van der Waals surface area contributed by atoms with Crippen LogP contribution in [0.3, 0.4) is 0 Å². The Balaban J connectivity index is 2.38. The largest absolute Gasteiger partial charge is 0.454 e. The zero-order chi connectivity index (χ0) is 11.5. The van der Waals surface area contributed by atoms with Gasteiger partial charge in [-0.2, -0.15) is 0 Å². The second kappa shape index (κ2) is 4.77. The molecular formula is C13H10Cl2O. The predicted octanol–water partition coefficient (Wildman–Crippen LogP) is 5.09. The molecule has 2 aromatic rings. The predicted molar refractivity (Wildman–Crippen MR) is 67.7 cm³/mol. The van der Waals surface area contributed by atoms with E-state index in [4.69, 9.17) is 27.9 Å². The second-order valence-corrected chi connectivity index (χ2v) is 4.21. The normalized spacial score (nSPS) is 10.2. The smallest absolute Gasteiger partial charge is 0.164 e. The van der Waals surface area contributed by atoms with Crippen molar-refractivity contribution < 1.29 is 4.74 Å². The third kappa shape index (κ3) is 2.31. The fourth-order valence-electron chi connectivity index (χ4n) is 1.33. The van der Waals surface area contributed by atoms with Gasteiger partial charge in [-0.05, 0) is 30.7 Å². The Morgan fingerprint density at radius 2 is 1.62 bits per heavy atom. The van der Waals surface area contributed by atoms with E-state index in [-0.39, 0.29) is 0 Å². The van der Waals surface area contributed by atoms with Gasteiger partial charge in [0.1, 0.15) is 5.75 Å². The molecule has 16 heavy (non-hydrogen) atoms. The first kappa shape index (κ1) is 11.3.